The van der Waals surface area contributed by atoms with E-state index in [1.165, 1.54) is 25.3 Å². The quantitative estimate of drug-likeness (QED) is 0.746. The molecule has 5 heteroatoms. The predicted molar refractivity (Wildman–Crippen MR) is 64.1 cm³/mol. The molecule has 18 heavy (non-hydrogen) atoms. The minimum atomic E-state index is -0.348. The average molecular weight is 250 g/mol. The van der Waals surface area contributed by atoms with Gasteiger partial charge in [-0.25, -0.2) is 4.39 Å². The van der Waals surface area contributed by atoms with E-state index in [4.69, 9.17) is 5.26 Å². The van der Waals surface area contributed by atoms with Gasteiger partial charge in [0, 0.05) is 18.7 Å². The van der Waals surface area contributed by atoms with E-state index < -0.39 is 0 Å². The van der Waals surface area contributed by atoms with Gasteiger partial charge >= 0.3 is 5.97 Å². The normalized spacial score (nSPS) is 10.2. The number of nitrogens with zero attached hydrogens (tertiary/aromatic N) is 2. The monoisotopic (exact) mass is 250 g/mol. The fourth-order valence-electron chi connectivity index (χ4n) is 1.52. The summed E-state index contributed by atoms with van der Waals surface area (Å²) in [7, 11) is 3.11. The molecular weight excluding hydrogens is 235 g/mol. The lowest BCUT2D eigenvalue weighted by Gasteiger charge is -2.16. The molecule has 0 aliphatic carbocycles. The van der Waals surface area contributed by atoms with Crippen LogP contribution in [-0.4, -0.2) is 31.6 Å². The number of halogens is 1. The van der Waals surface area contributed by atoms with Crippen molar-refractivity contribution in [1.29, 1.82) is 5.26 Å². The molecule has 1 aromatic carbocycles. The van der Waals surface area contributed by atoms with Gasteiger partial charge in [-0.05, 0) is 25.2 Å². The first-order valence-electron chi connectivity index (χ1n) is 5.50. The van der Waals surface area contributed by atoms with Crippen molar-refractivity contribution in [2.75, 3.05) is 20.7 Å². The topological polar surface area (TPSA) is 53.3 Å². The maximum atomic E-state index is 13.5. The van der Waals surface area contributed by atoms with Crippen LogP contribution in [0.3, 0.4) is 0 Å². The Morgan fingerprint density at radius 1 is 1.56 bits per heavy atom. The summed E-state index contributed by atoms with van der Waals surface area (Å²) in [5.41, 5.74) is 0.870. The van der Waals surface area contributed by atoms with Gasteiger partial charge in [0.2, 0.25) is 0 Å². The summed E-state index contributed by atoms with van der Waals surface area (Å²) in [6.45, 7) is 0.821. The molecule has 0 N–H and O–H groups in total. The smallest absolute Gasteiger partial charge is 0.306 e. The molecule has 1 aromatic rings. The molecule has 0 unspecified atom stereocenters. The Balaban J connectivity index is 2.61. The highest BCUT2D eigenvalue weighted by molar-refractivity contribution is 5.69. The van der Waals surface area contributed by atoms with Crippen LogP contribution in [0.1, 0.15) is 17.5 Å². The molecule has 96 valence electrons. The van der Waals surface area contributed by atoms with Crippen molar-refractivity contribution >= 4 is 5.97 Å². The lowest BCUT2D eigenvalue weighted by atomic mass is 10.1. The number of methoxy groups -OCH3 is 1. The third kappa shape index (κ3) is 4.15. The second kappa shape index (κ2) is 6.72. The van der Waals surface area contributed by atoms with E-state index in [0.29, 0.717) is 24.2 Å². The molecular formula is C13H15FN2O2. The molecule has 0 bridgehead atoms. The van der Waals surface area contributed by atoms with Crippen molar-refractivity contribution in [1.82, 2.24) is 4.90 Å². The van der Waals surface area contributed by atoms with Crippen LogP contribution >= 0.6 is 0 Å². The summed E-state index contributed by atoms with van der Waals surface area (Å²) in [5, 5.41) is 8.75. The van der Waals surface area contributed by atoms with Gasteiger partial charge in [0.25, 0.3) is 0 Å². The van der Waals surface area contributed by atoms with Crippen LogP contribution in [-0.2, 0) is 16.1 Å². The number of nitriles is 1. The fraction of sp³-hybridized carbons (Fsp3) is 0.385. The van der Waals surface area contributed by atoms with Crippen LogP contribution in [0.4, 0.5) is 4.39 Å². The molecule has 1 rings (SSSR count). The van der Waals surface area contributed by atoms with Crippen LogP contribution in [0.5, 0.6) is 0 Å². The van der Waals surface area contributed by atoms with Gasteiger partial charge in [-0.15, -0.1) is 0 Å². The van der Waals surface area contributed by atoms with Crippen LogP contribution in [0.15, 0.2) is 18.2 Å². The zero-order chi connectivity index (χ0) is 13.5. The van der Waals surface area contributed by atoms with Crippen LogP contribution in [0.25, 0.3) is 0 Å². The molecule has 0 fully saturated rings. The average Bonchev–Trinajstić information content (AvgIpc) is 2.38. The van der Waals surface area contributed by atoms with E-state index in [0.717, 1.165) is 0 Å². The minimum Gasteiger partial charge on any atom is -0.469 e. The predicted octanol–water partition coefficient (Wildman–Crippen LogP) is 1.69. The first-order valence-corrected chi connectivity index (χ1v) is 5.50. The molecule has 0 spiro atoms. The molecule has 0 radical (unpaired) electrons. The molecule has 0 amide bonds. The van der Waals surface area contributed by atoms with Gasteiger partial charge in [-0.2, -0.15) is 5.26 Å². The zero-order valence-corrected chi connectivity index (χ0v) is 10.4. The second-order valence-electron chi connectivity index (χ2n) is 3.98. The number of hydrogen-bond acceptors (Lipinski definition) is 4. The van der Waals surface area contributed by atoms with E-state index in [-0.39, 0.29) is 18.2 Å². The Bertz CT molecular complexity index is 469. The van der Waals surface area contributed by atoms with Crippen molar-refractivity contribution in [3.05, 3.63) is 35.1 Å². The van der Waals surface area contributed by atoms with Crippen molar-refractivity contribution in [3.8, 4) is 6.07 Å². The number of benzene rings is 1. The Kier molecular flexibility index (Phi) is 5.28. The Hall–Kier alpha value is -1.93. The van der Waals surface area contributed by atoms with Gasteiger partial charge in [0.05, 0.1) is 25.2 Å². The highest BCUT2D eigenvalue weighted by Gasteiger charge is 2.09. The Morgan fingerprint density at radius 2 is 2.28 bits per heavy atom. The summed E-state index contributed by atoms with van der Waals surface area (Å²) in [6, 6.07) is 6.20. The van der Waals surface area contributed by atoms with Crippen LogP contribution < -0.4 is 0 Å². The summed E-state index contributed by atoms with van der Waals surface area (Å²) >= 11 is 0. The van der Waals surface area contributed by atoms with Gasteiger partial charge in [-0.3, -0.25) is 4.79 Å². The lowest BCUT2D eigenvalue weighted by Crippen LogP contribution is -2.22. The van der Waals surface area contributed by atoms with Crippen molar-refractivity contribution in [2.45, 2.75) is 13.0 Å². The van der Waals surface area contributed by atoms with E-state index in [1.54, 1.807) is 11.9 Å². The second-order valence-corrected chi connectivity index (χ2v) is 3.98. The third-order valence-corrected chi connectivity index (χ3v) is 2.54. The molecule has 0 aliphatic heterocycles. The molecule has 0 heterocycles. The van der Waals surface area contributed by atoms with E-state index in [9.17, 15) is 9.18 Å². The zero-order valence-electron chi connectivity index (χ0n) is 10.4. The highest BCUT2D eigenvalue weighted by atomic mass is 19.1. The largest absolute Gasteiger partial charge is 0.469 e. The molecule has 4 nitrogen and oxygen atoms in total. The standard InChI is InChI=1S/C13H15FN2O2/c1-16(6-5-13(17)18-2)9-11-7-10(8-15)3-4-12(11)14/h3-4,7H,5-6,9H2,1-2H3. The van der Waals surface area contributed by atoms with Crippen molar-refractivity contribution in [3.63, 3.8) is 0 Å². The Morgan fingerprint density at radius 3 is 2.89 bits per heavy atom. The molecule has 0 aliphatic rings. The number of carbonyl (C=O) groups is 1. The maximum absolute atomic E-state index is 13.5. The van der Waals surface area contributed by atoms with Crippen LogP contribution in [0, 0.1) is 17.1 Å². The van der Waals surface area contributed by atoms with E-state index in [2.05, 4.69) is 4.74 Å². The highest BCUT2D eigenvalue weighted by Crippen LogP contribution is 2.12. The molecule has 0 saturated carbocycles. The number of esters is 1. The number of ether oxygens (including phenoxy) is 1. The van der Waals surface area contributed by atoms with E-state index >= 15 is 0 Å². The SMILES string of the molecule is COC(=O)CCN(C)Cc1cc(C#N)ccc1F. The van der Waals surface area contributed by atoms with Gasteiger partial charge < -0.3 is 9.64 Å². The van der Waals surface area contributed by atoms with Crippen molar-refractivity contribution in [2.24, 2.45) is 0 Å². The molecule has 0 saturated heterocycles. The van der Waals surface area contributed by atoms with Crippen LogP contribution in [0.2, 0.25) is 0 Å². The summed E-state index contributed by atoms with van der Waals surface area (Å²) in [6.07, 6.45) is 0.257. The fourth-order valence-corrected chi connectivity index (χ4v) is 1.52. The van der Waals surface area contributed by atoms with Gasteiger partial charge in [0.15, 0.2) is 0 Å². The first kappa shape index (κ1) is 14.1. The third-order valence-electron chi connectivity index (χ3n) is 2.54. The first-order chi connectivity index (χ1) is 8.56. The number of rotatable bonds is 5. The number of carbonyl (C=O) groups excluding carboxylic acids is 1. The van der Waals surface area contributed by atoms with Gasteiger partial charge in [-0.1, -0.05) is 0 Å². The lowest BCUT2D eigenvalue weighted by molar-refractivity contribution is -0.140. The summed E-state index contributed by atoms with van der Waals surface area (Å²) in [4.78, 5) is 12.8. The maximum Gasteiger partial charge on any atom is 0.306 e. The van der Waals surface area contributed by atoms with Gasteiger partial charge in [0.1, 0.15) is 5.82 Å². The molecule has 0 aromatic heterocycles. The van der Waals surface area contributed by atoms with Crippen molar-refractivity contribution < 1.29 is 13.9 Å². The van der Waals surface area contributed by atoms with E-state index in [1.807, 2.05) is 6.07 Å². The number of hydrogen-bond donors (Lipinski definition) is 0. The molecule has 0 atom stereocenters. The summed E-state index contributed by atoms with van der Waals surface area (Å²) in [5.74, 6) is -0.646. The summed E-state index contributed by atoms with van der Waals surface area (Å²) < 4.78 is 18.0. The minimum absolute atomic E-state index is 0.257. The Labute approximate surface area is 106 Å².